The van der Waals surface area contributed by atoms with E-state index in [2.05, 4.69) is 5.32 Å². The van der Waals surface area contributed by atoms with Gasteiger partial charge in [0.05, 0.1) is 13.2 Å². The summed E-state index contributed by atoms with van der Waals surface area (Å²) >= 11 is 0. The molecule has 0 fully saturated rings. The third kappa shape index (κ3) is 6.02. The summed E-state index contributed by atoms with van der Waals surface area (Å²) in [5, 5.41) is 12.1. The van der Waals surface area contributed by atoms with Crippen LogP contribution in [0, 0.1) is 12.7 Å². The van der Waals surface area contributed by atoms with Crippen LogP contribution in [-0.4, -0.2) is 37.4 Å². The van der Waals surface area contributed by atoms with E-state index in [1.165, 1.54) is 6.07 Å². The Labute approximate surface area is 172 Å². The summed E-state index contributed by atoms with van der Waals surface area (Å²) in [5.74, 6) is -0.482. The van der Waals surface area contributed by atoms with Crippen molar-refractivity contribution in [1.82, 2.24) is 5.32 Å². The molecule has 1 aromatic rings. The summed E-state index contributed by atoms with van der Waals surface area (Å²) in [6, 6.07) is 3.09. The number of nitrogens with one attached hydrogen (secondary N) is 1. The molecule has 1 aromatic carbocycles. The Kier molecular flexibility index (Phi) is 8.61. The number of carbonyl (C=O) groups is 1. The van der Waals surface area contributed by atoms with Gasteiger partial charge in [0.2, 0.25) is 5.91 Å². The Bertz CT molecular complexity index is 841. The van der Waals surface area contributed by atoms with E-state index in [-0.39, 0.29) is 18.3 Å². The van der Waals surface area contributed by atoms with Crippen LogP contribution in [0.2, 0.25) is 0 Å². The van der Waals surface area contributed by atoms with Crippen molar-refractivity contribution in [3.63, 3.8) is 0 Å². The van der Waals surface area contributed by atoms with Crippen molar-refractivity contribution >= 4 is 17.2 Å². The van der Waals surface area contributed by atoms with Crippen LogP contribution in [0.3, 0.4) is 0 Å². The molecule has 6 heteroatoms. The van der Waals surface area contributed by atoms with E-state index in [4.69, 9.17) is 15.6 Å². The number of aliphatic hydroxyl groups excluding tert-OH is 1. The number of nitrogen functional groups attached to an aromatic ring is 1. The van der Waals surface area contributed by atoms with Gasteiger partial charge in [-0.05, 0) is 68.9 Å². The second-order valence-electron chi connectivity index (χ2n) is 7.31. The Morgan fingerprint density at radius 3 is 2.79 bits per heavy atom. The van der Waals surface area contributed by atoms with Crippen molar-refractivity contribution in [1.29, 1.82) is 0 Å². The normalized spacial score (nSPS) is 15.2. The zero-order valence-corrected chi connectivity index (χ0v) is 17.5. The maximum atomic E-state index is 13.8. The van der Waals surface area contributed by atoms with Crippen LogP contribution < -0.4 is 11.1 Å². The molecule has 1 aliphatic rings. The predicted molar refractivity (Wildman–Crippen MR) is 115 cm³/mol. The lowest BCUT2D eigenvalue weighted by atomic mass is 9.93. The average molecular weight is 403 g/mol. The van der Waals surface area contributed by atoms with Crippen LogP contribution in [0.5, 0.6) is 0 Å². The molecule has 158 valence electrons. The maximum Gasteiger partial charge on any atom is 0.250 e. The fraction of sp³-hybridized carbons (Fsp3) is 0.435. The van der Waals surface area contributed by atoms with Crippen molar-refractivity contribution in [2.75, 3.05) is 32.1 Å². The van der Waals surface area contributed by atoms with Crippen LogP contribution in [0.1, 0.15) is 44.2 Å². The van der Waals surface area contributed by atoms with Gasteiger partial charge in [0, 0.05) is 30.0 Å². The van der Waals surface area contributed by atoms with Crippen molar-refractivity contribution < 1.29 is 19.0 Å². The highest BCUT2D eigenvalue weighted by Crippen LogP contribution is 2.31. The number of ether oxygens (including phenoxy) is 1. The van der Waals surface area contributed by atoms with E-state index in [1.807, 2.05) is 26.0 Å². The second-order valence-corrected chi connectivity index (χ2v) is 7.31. The molecule has 2 rings (SSSR count). The van der Waals surface area contributed by atoms with Gasteiger partial charge >= 0.3 is 0 Å². The zero-order valence-electron chi connectivity index (χ0n) is 17.5. The number of halogens is 1. The van der Waals surface area contributed by atoms with Gasteiger partial charge < -0.3 is 20.9 Å². The third-order valence-electron chi connectivity index (χ3n) is 5.05. The minimum atomic E-state index is -0.336. The van der Waals surface area contributed by atoms with E-state index in [9.17, 15) is 9.18 Å². The number of anilines is 1. The fourth-order valence-electron chi connectivity index (χ4n) is 3.38. The number of amides is 1. The number of hydrogen-bond acceptors (Lipinski definition) is 4. The van der Waals surface area contributed by atoms with Crippen LogP contribution in [0.4, 0.5) is 10.1 Å². The highest BCUT2D eigenvalue weighted by molar-refractivity contribution is 5.95. The standard InChI is InChI=1S/C23H31FN2O3/c1-4-7-17-13-29-14-20(17)23(28)26-12-16(3)18(8-5-6-9-27)19-10-15(2)21(24)11-22(19)25/h4,7,10-11,27H,5-6,8-9,12-14,25H2,1-3H3,(H,26,28)/b7-4+,18-16+. The zero-order chi connectivity index (χ0) is 21.4. The largest absolute Gasteiger partial charge is 0.398 e. The summed E-state index contributed by atoms with van der Waals surface area (Å²) in [6.45, 7) is 6.77. The SMILES string of the molecule is C/C=C/C1=C(C(=O)NC/C(C)=C(\CCCCO)c2cc(C)c(F)cc2N)COC1. The molecular formula is C23H31FN2O3. The van der Waals surface area contributed by atoms with E-state index in [1.54, 1.807) is 13.0 Å². The molecule has 0 radical (unpaired) electrons. The van der Waals surface area contributed by atoms with Gasteiger partial charge in [-0.2, -0.15) is 0 Å². The van der Waals surface area contributed by atoms with E-state index >= 15 is 0 Å². The van der Waals surface area contributed by atoms with Crippen molar-refractivity contribution in [2.24, 2.45) is 0 Å². The van der Waals surface area contributed by atoms with Crippen LogP contribution >= 0.6 is 0 Å². The van der Waals surface area contributed by atoms with Crippen LogP contribution in [-0.2, 0) is 9.53 Å². The number of rotatable bonds is 9. The van der Waals surface area contributed by atoms with Gasteiger partial charge in [-0.15, -0.1) is 0 Å². The monoisotopic (exact) mass is 402 g/mol. The molecule has 1 aliphatic heterocycles. The van der Waals surface area contributed by atoms with Gasteiger partial charge in [0.1, 0.15) is 5.82 Å². The van der Waals surface area contributed by atoms with Crippen LogP contribution in [0.25, 0.3) is 5.57 Å². The first-order chi connectivity index (χ1) is 13.9. The number of hydrogen-bond donors (Lipinski definition) is 3. The Hall–Kier alpha value is -2.44. The summed E-state index contributed by atoms with van der Waals surface area (Å²) in [6.07, 6.45) is 5.92. The smallest absolute Gasteiger partial charge is 0.250 e. The lowest BCUT2D eigenvalue weighted by Crippen LogP contribution is -2.28. The number of benzene rings is 1. The van der Waals surface area contributed by atoms with Gasteiger partial charge in [-0.25, -0.2) is 4.39 Å². The number of carbonyl (C=O) groups excluding carboxylic acids is 1. The first kappa shape index (κ1) is 22.8. The molecule has 0 aliphatic carbocycles. The number of unbranched alkanes of at least 4 members (excludes halogenated alkanes) is 1. The molecule has 0 saturated carbocycles. The Morgan fingerprint density at radius 1 is 1.34 bits per heavy atom. The molecular weight excluding hydrogens is 371 g/mol. The second kappa shape index (κ2) is 10.9. The van der Waals surface area contributed by atoms with E-state index in [0.29, 0.717) is 49.4 Å². The highest BCUT2D eigenvalue weighted by Gasteiger charge is 2.20. The van der Waals surface area contributed by atoms with Crippen molar-refractivity contribution in [3.05, 3.63) is 57.9 Å². The molecule has 0 saturated heterocycles. The Morgan fingerprint density at radius 2 is 2.10 bits per heavy atom. The molecule has 0 aromatic heterocycles. The summed E-state index contributed by atoms with van der Waals surface area (Å²) < 4.78 is 19.2. The number of nitrogens with two attached hydrogens (primary N) is 1. The molecule has 29 heavy (non-hydrogen) atoms. The molecule has 1 heterocycles. The number of aliphatic hydroxyl groups is 1. The van der Waals surface area contributed by atoms with Crippen molar-refractivity contribution in [3.8, 4) is 0 Å². The maximum absolute atomic E-state index is 13.8. The fourth-order valence-corrected chi connectivity index (χ4v) is 3.38. The predicted octanol–water partition coefficient (Wildman–Crippen LogP) is 3.67. The number of allylic oxidation sites excluding steroid dienone is 2. The molecule has 1 amide bonds. The average Bonchev–Trinajstić information content (AvgIpc) is 3.15. The Balaban J connectivity index is 2.25. The summed E-state index contributed by atoms with van der Waals surface area (Å²) in [5.41, 5.74) is 11.3. The van der Waals surface area contributed by atoms with Gasteiger partial charge in [-0.1, -0.05) is 17.7 Å². The topological polar surface area (TPSA) is 84.6 Å². The minimum absolute atomic E-state index is 0.114. The highest BCUT2D eigenvalue weighted by atomic mass is 19.1. The lowest BCUT2D eigenvalue weighted by Gasteiger charge is -2.17. The quantitative estimate of drug-likeness (QED) is 0.435. The van der Waals surface area contributed by atoms with Gasteiger partial charge in [-0.3, -0.25) is 4.79 Å². The van der Waals surface area contributed by atoms with Gasteiger partial charge in [0.15, 0.2) is 0 Å². The molecule has 5 nitrogen and oxygen atoms in total. The number of aryl methyl sites for hydroxylation is 1. The first-order valence-electron chi connectivity index (χ1n) is 9.95. The third-order valence-corrected chi connectivity index (χ3v) is 5.05. The molecule has 0 atom stereocenters. The van der Waals surface area contributed by atoms with Crippen molar-refractivity contribution in [2.45, 2.75) is 40.0 Å². The molecule has 0 unspecified atom stereocenters. The van der Waals surface area contributed by atoms with E-state index < -0.39 is 0 Å². The molecule has 4 N–H and O–H groups in total. The first-order valence-corrected chi connectivity index (χ1v) is 9.95. The molecule has 0 bridgehead atoms. The van der Waals surface area contributed by atoms with Crippen LogP contribution in [0.15, 0.2) is 41.0 Å². The summed E-state index contributed by atoms with van der Waals surface area (Å²) in [7, 11) is 0. The molecule has 0 spiro atoms. The lowest BCUT2D eigenvalue weighted by molar-refractivity contribution is -0.117. The minimum Gasteiger partial charge on any atom is -0.398 e. The summed E-state index contributed by atoms with van der Waals surface area (Å²) in [4.78, 5) is 12.6. The van der Waals surface area contributed by atoms with Gasteiger partial charge in [0.25, 0.3) is 0 Å². The van der Waals surface area contributed by atoms with E-state index in [0.717, 1.165) is 28.7 Å².